The summed E-state index contributed by atoms with van der Waals surface area (Å²) in [5.74, 6) is 0.897. The highest BCUT2D eigenvalue weighted by molar-refractivity contribution is 5.78. The molecule has 7 nitrogen and oxygen atoms in total. The highest BCUT2D eigenvalue weighted by Gasteiger charge is 2.18. The summed E-state index contributed by atoms with van der Waals surface area (Å²) in [5, 5.41) is 4.44. The second kappa shape index (κ2) is 8.08. The first kappa shape index (κ1) is 18.0. The Labute approximate surface area is 162 Å². The molecule has 1 aliphatic rings. The zero-order chi connectivity index (χ0) is 19.3. The fourth-order valence-corrected chi connectivity index (χ4v) is 3.17. The van der Waals surface area contributed by atoms with E-state index < -0.39 is 0 Å². The first-order valence-electron chi connectivity index (χ1n) is 9.20. The van der Waals surface area contributed by atoms with Crippen LogP contribution in [0.1, 0.15) is 5.82 Å². The van der Waals surface area contributed by atoms with E-state index in [9.17, 15) is 4.39 Å². The van der Waals surface area contributed by atoms with Gasteiger partial charge in [-0.25, -0.2) is 19.0 Å². The Kier molecular flexibility index (Phi) is 5.18. The fourth-order valence-electron chi connectivity index (χ4n) is 3.17. The van der Waals surface area contributed by atoms with Crippen LogP contribution in [0.2, 0.25) is 0 Å². The summed E-state index contributed by atoms with van der Waals surface area (Å²) in [4.78, 5) is 13.0. The third-order valence-electron chi connectivity index (χ3n) is 4.74. The van der Waals surface area contributed by atoms with E-state index in [0.717, 1.165) is 37.6 Å². The van der Waals surface area contributed by atoms with Crippen molar-refractivity contribution in [2.75, 3.05) is 31.1 Å². The number of rotatable bonds is 4. The molecule has 0 saturated carbocycles. The van der Waals surface area contributed by atoms with Gasteiger partial charge in [0, 0.05) is 31.9 Å². The number of para-hydroxylation sites is 1. The third kappa shape index (κ3) is 4.11. The molecule has 0 amide bonds. The molecular weight excluding hydrogens is 357 g/mol. The van der Waals surface area contributed by atoms with Gasteiger partial charge in [0.15, 0.2) is 11.8 Å². The molecule has 1 saturated heterocycles. The molecule has 0 aliphatic carbocycles. The number of aliphatic imine (C=N–C) groups is 1. The van der Waals surface area contributed by atoms with Gasteiger partial charge in [0.1, 0.15) is 18.7 Å². The molecule has 8 heteroatoms. The predicted octanol–water partition coefficient (Wildman–Crippen LogP) is 2.04. The smallest absolute Gasteiger partial charge is 0.191 e. The van der Waals surface area contributed by atoms with Crippen molar-refractivity contribution in [2.24, 2.45) is 10.7 Å². The zero-order valence-electron chi connectivity index (χ0n) is 15.4. The number of benzene rings is 2. The molecule has 1 fully saturated rings. The third-order valence-corrected chi connectivity index (χ3v) is 4.74. The minimum atomic E-state index is -0.220. The number of hydrogen-bond donors (Lipinski definition) is 1. The summed E-state index contributed by atoms with van der Waals surface area (Å²) in [6.45, 7) is 3.48. The van der Waals surface area contributed by atoms with Crippen LogP contribution in [-0.4, -0.2) is 51.8 Å². The van der Waals surface area contributed by atoms with Crippen LogP contribution in [0.5, 0.6) is 0 Å². The summed E-state index contributed by atoms with van der Waals surface area (Å²) in [7, 11) is 0. The number of anilines is 1. The number of aromatic nitrogens is 3. The van der Waals surface area contributed by atoms with Gasteiger partial charge in [0.05, 0.1) is 5.69 Å². The number of halogens is 1. The van der Waals surface area contributed by atoms with E-state index in [2.05, 4.69) is 20.0 Å². The molecule has 0 unspecified atom stereocenters. The Morgan fingerprint density at radius 3 is 2.39 bits per heavy atom. The SMILES string of the molecule is NC(=NCc1ncn(-c2ccccc2)n1)N1CCN(c2ccc(F)cc2)CC1. The lowest BCUT2D eigenvalue weighted by atomic mass is 10.2. The summed E-state index contributed by atoms with van der Waals surface area (Å²) in [5.41, 5.74) is 8.14. The van der Waals surface area contributed by atoms with E-state index in [0.29, 0.717) is 18.3 Å². The van der Waals surface area contributed by atoms with Crippen LogP contribution >= 0.6 is 0 Å². The van der Waals surface area contributed by atoms with Crippen LogP contribution in [0.3, 0.4) is 0 Å². The first-order chi connectivity index (χ1) is 13.7. The highest BCUT2D eigenvalue weighted by atomic mass is 19.1. The van der Waals surface area contributed by atoms with Crippen molar-refractivity contribution in [3.63, 3.8) is 0 Å². The molecule has 0 radical (unpaired) electrons. The van der Waals surface area contributed by atoms with Crippen molar-refractivity contribution in [3.05, 3.63) is 72.6 Å². The predicted molar refractivity (Wildman–Crippen MR) is 107 cm³/mol. The van der Waals surface area contributed by atoms with E-state index in [1.807, 2.05) is 35.2 Å². The van der Waals surface area contributed by atoms with Crippen LogP contribution in [0.4, 0.5) is 10.1 Å². The molecule has 3 aromatic rings. The van der Waals surface area contributed by atoms with Crippen LogP contribution in [0, 0.1) is 5.82 Å². The standard InChI is InChI=1S/C20H22FN7/c21-16-6-8-17(9-7-16)26-10-12-27(13-11-26)20(22)23-14-19-24-15-28(25-19)18-4-2-1-3-5-18/h1-9,15H,10-14H2,(H2,22,23). The molecule has 1 aromatic heterocycles. The lowest BCUT2D eigenvalue weighted by Gasteiger charge is -2.36. The minimum absolute atomic E-state index is 0.220. The van der Waals surface area contributed by atoms with E-state index in [4.69, 9.17) is 5.73 Å². The summed E-state index contributed by atoms with van der Waals surface area (Å²) in [6.07, 6.45) is 1.68. The average Bonchev–Trinajstić information content (AvgIpc) is 3.22. The van der Waals surface area contributed by atoms with Crippen molar-refractivity contribution >= 4 is 11.6 Å². The molecular formula is C20H22FN7. The first-order valence-corrected chi connectivity index (χ1v) is 9.20. The second-order valence-corrected chi connectivity index (χ2v) is 6.57. The lowest BCUT2D eigenvalue weighted by Crippen LogP contribution is -2.51. The second-order valence-electron chi connectivity index (χ2n) is 6.57. The summed E-state index contributed by atoms with van der Waals surface area (Å²) >= 11 is 0. The van der Waals surface area contributed by atoms with Crippen LogP contribution < -0.4 is 10.6 Å². The van der Waals surface area contributed by atoms with Crippen molar-refractivity contribution < 1.29 is 4.39 Å². The topological polar surface area (TPSA) is 75.6 Å². The summed E-state index contributed by atoms with van der Waals surface area (Å²) < 4.78 is 14.8. The van der Waals surface area contributed by atoms with Gasteiger partial charge in [-0.1, -0.05) is 18.2 Å². The van der Waals surface area contributed by atoms with Gasteiger partial charge < -0.3 is 15.5 Å². The molecule has 1 aliphatic heterocycles. The lowest BCUT2D eigenvalue weighted by molar-refractivity contribution is 0.380. The molecule has 2 N–H and O–H groups in total. The Hall–Kier alpha value is -3.42. The number of nitrogens with zero attached hydrogens (tertiary/aromatic N) is 6. The Bertz CT molecular complexity index is 929. The zero-order valence-corrected chi connectivity index (χ0v) is 15.4. The summed E-state index contributed by atoms with van der Waals surface area (Å²) in [6, 6.07) is 16.4. The maximum atomic E-state index is 13.1. The maximum absolute atomic E-state index is 13.1. The Morgan fingerprint density at radius 1 is 0.964 bits per heavy atom. The molecule has 0 bridgehead atoms. The number of piperazine rings is 1. The average molecular weight is 379 g/mol. The molecule has 0 atom stereocenters. The molecule has 4 rings (SSSR count). The minimum Gasteiger partial charge on any atom is -0.370 e. The molecule has 2 heterocycles. The van der Waals surface area contributed by atoms with Crippen molar-refractivity contribution in [2.45, 2.75) is 6.54 Å². The molecule has 144 valence electrons. The van der Waals surface area contributed by atoms with Gasteiger partial charge in [-0.2, -0.15) is 0 Å². The van der Waals surface area contributed by atoms with Crippen molar-refractivity contribution in [3.8, 4) is 5.69 Å². The maximum Gasteiger partial charge on any atom is 0.191 e. The number of guanidine groups is 1. The van der Waals surface area contributed by atoms with E-state index >= 15 is 0 Å². The number of nitrogens with two attached hydrogens (primary N) is 1. The molecule has 28 heavy (non-hydrogen) atoms. The van der Waals surface area contributed by atoms with Crippen LogP contribution in [0.15, 0.2) is 65.9 Å². The molecule has 0 spiro atoms. The quantitative estimate of drug-likeness (QED) is 0.555. The fraction of sp³-hybridized carbons (Fsp3) is 0.250. The van der Waals surface area contributed by atoms with E-state index in [1.165, 1.54) is 12.1 Å². The van der Waals surface area contributed by atoms with E-state index in [1.54, 1.807) is 23.1 Å². The monoisotopic (exact) mass is 379 g/mol. The van der Waals surface area contributed by atoms with E-state index in [-0.39, 0.29) is 5.82 Å². The van der Waals surface area contributed by atoms with Gasteiger partial charge in [-0.05, 0) is 36.4 Å². The van der Waals surface area contributed by atoms with Gasteiger partial charge >= 0.3 is 0 Å². The largest absolute Gasteiger partial charge is 0.370 e. The van der Waals surface area contributed by atoms with Gasteiger partial charge in [-0.15, -0.1) is 5.10 Å². The number of hydrogen-bond acceptors (Lipinski definition) is 4. The van der Waals surface area contributed by atoms with Crippen molar-refractivity contribution in [1.82, 2.24) is 19.7 Å². The normalized spacial score (nSPS) is 15.1. The molecule has 2 aromatic carbocycles. The van der Waals surface area contributed by atoms with Gasteiger partial charge in [-0.3, -0.25) is 0 Å². The van der Waals surface area contributed by atoms with Crippen LogP contribution in [0.25, 0.3) is 5.69 Å². The van der Waals surface area contributed by atoms with Gasteiger partial charge in [0.2, 0.25) is 0 Å². The highest BCUT2D eigenvalue weighted by Crippen LogP contribution is 2.16. The van der Waals surface area contributed by atoms with Crippen LogP contribution in [-0.2, 0) is 6.54 Å². The van der Waals surface area contributed by atoms with Crippen molar-refractivity contribution in [1.29, 1.82) is 0 Å². The van der Waals surface area contributed by atoms with Gasteiger partial charge in [0.25, 0.3) is 0 Å². The Balaban J connectivity index is 1.33. The Morgan fingerprint density at radius 2 is 1.68 bits per heavy atom.